The van der Waals surface area contributed by atoms with Gasteiger partial charge >= 0.3 is 0 Å². The number of hydrogen-bond acceptors (Lipinski definition) is 5. The quantitative estimate of drug-likeness (QED) is 0.755. The first-order chi connectivity index (χ1) is 9.47. The summed E-state index contributed by atoms with van der Waals surface area (Å²) < 4.78 is 32.2. The molecule has 116 valence electrons. The van der Waals surface area contributed by atoms with Crippen molar-refractivity contribution in [1.29, 1.82) is 0 Å². The van der Waals surface area contributed by atoms with Gasteiger partial charge in [-0.3, -0.25) is 0 Å². The highest BCUT2D eigenvalue weighted by molar-refractivity contribution is 7.91. The molecular formula is C13H24N2O3S2. The SMILES string of the molecule is CCNCc1ccc(S(=O)(=O)N(CC)C(C)COC)s1. The maximum absolute atomic E-state index is 12.6. The predicted octanol–water partition coefficient (Wildman–Crippen LogP) is 1.90. The lowest BCUT2D eigenvalue weighted by Crippen LogP contribution is -2.40. The molecule has 0 saturated heterocycles. The van der Waals surface area contributed by atoms with Crippen LogP contribution in [0.1, 0.15) is 25.6 Å². The number of nitrogens with zero attached hydrogens (tertiary/aromatic N) is 1. The van der Waals surface area contributed by atoms with Crippen LogP contribution in [0.25, 0.3) is 0 Å². The van der Waals surface area contributed by atoms with Crippen molar-refractivity contribution in [3.8, 4) is 0 Å². The molecule has 1 atom stereocenters. The Balaban J connectivity index is 2.93. The van der Waals surface area contributed by atoms with Gasteiger partial charge in [-0.1, -0.05) is 13.8 Å². The predicted molar refractivity (Wildman–Crippen MR) is 82.6 cm³/mol. The van der Waals surface area contributed by atoms with Crippen molar-refractivity contribution in [3.63, 3.8) is 0 Å². The highest BCUT2D eigenvalue weighted by Gasteiger charge is 2.28. The van der Waals surface area contributed by atoms with Crippen LogP contribution in [-0.2, 0) is 21.3 Å². The van der Waals surface area contributed by atoms with Gasteiger partial charge in [0.25, 0.3) is 10.0 Å². The van der Waals surface area contributed by atoms with Crippen molar-refractivity contribution in [2.24, 2.45) is 0 Å². The van der Waals surface area contributed by atoms with Crippen LogP contribution >= 0.6 is 11.3 Å². The van der Waals surface area contributed by atoms with E-state index >= 15 is 0 Å². The fraction of sp³-hybridized carbons (Fsp3) is 0.692. The van der Waals surface area contributed by atoms with Crippen LogP contribution in [-0.4, -0.2) is 45.6 Å². The van der Waals surface area contributed by atoms with E-state index in [1.54, 1.807) is 13.2 Å². The molecule has 1 aromatic rings. The third kappa shape index (κ3) is 4.26. The maximum Gasteiger partial charge on any atom is 0.252 e. The van der Waals surface area contributed by atoms with Crippen LogP contribution in [0.3, 0.4) is 0 Å². The van der Waals surface area contributed by atoms with Gasteiger partial charge in [0.2, 0.25) is 0 Å². The first-order valence-electron chi connectivity index (χ1n) is 6.77. The molecule has 1 rings (SSSR count). The molecular weight excluding hydrogens is 296 g/mol. The summed E-state index contributed by atoms with van der Waals surface area (Å²) in [4.78, 5) is 1.03. The number of ether oxygens (including phenoxy) is 1. The summed E-state index contributed by atoms with van der Waals surface area (Å²) in [6, 6.07) is 3.39. The lowest BCUT2D eigenvalue weighted by Gasteiger charge is -2.25. The number of likely N-dealkylation sites (N-methyl/N-ethyl adjacent to an activating group) is 1. The highest BCUT2D eigenvalue weighted by atomic mass is 32.2. The van der Waals surface area contributed by atoms with Crippen LogP contribution in [0.5, 0.6) is 0 Å². The molecule has 1 heterocycles. The van der Waals surface area contributed by atoms with Gasteiger partial charge in [0.05, 0.1) is 6.61 Å². The average Bonchev–Trinajstić information content (AvgIpc) is 2.86. The number of hydrogen-bond donors (Lipinski definition) is 1. The lowest BCUT2D eigenvalue weighted by molar-refractivity contribution is 0.143. The van der Waals surface area contributed by atoms with E-state index in [4.69, 9.17) is 4.74 Å². The van der Waals surface area contributed by atoms with E-state index in [0.29, 0.717) is 23.9 Å². The largest absolute Gasteiger partial charge is 0.383 e. The van der Waals surface area contributed by atoms with Crippen molar-refractivity contribution in [2.45, 2.75) is 37.6 Å². The Morgan fingerprint density at radius 3 is 2.65 bits per heavy atom. The summed E-state index contributed by atoms with van der Waals surface area (Å²) in [6.45, 7) is 8.13. The molecule has 1 aromatic heterocycles. The molecule has 0 aliphatic carbocycles. The average molecular weight is 320 g/mol. The fourth-order valence-electron chi connectivity index (χ4n) is 2.00. The minimum absolute atomic E-state index is 0.172. The lowest BCUT2D eigenvalue weighted by atomic mass is 10.4. The zero-order valence-corrected chi connectivity index (χ0v) is 14.2. The number of sulfonamides is 1. The highest BCUT2D eigenvalue weighted by Crippen LogP contribution is 2.26. The Bertz CT molecular complexity index is 499. The monoisotopic (exact) mass is 320 g/mol. The molecule has 1 unspecified atom stereocenters. The van der Waals surface area contributed by atoms with Gasteiger partial charge in [0, 0.05) is 31.1 Å². The zero-order valence-electron chi connectivity index (χ0n) is 12.5. The number of nitrogens with one attached hydrogen (secondary N) is 1. The van der Waals surface area contributed by atoms with Gasteiger partial charge in [-0.15, -0.1) is 11.3 Å². The van der Waals surface area contributed by atoms with Crippen LogP contribution in [0.2, 0.25) is 0 Å². The molecule has 0 saturated carbocycles. The molecule has 0 fully saturated rings. The van der Waals surface area contributed by atoms with Crippen LogP contribution in [0.15, 0.2) is 16.3 Å². The third-order valence-corrected chi connectivity index (χ3v) is 6.60. The minimum atomic E-state index is -3.43. The fourth-order valence-corrected chi connectivity index (χ4v) is 5.08. The molecule has 0 radical (unpaired) electrons. The standard InChI is InChI=1S/C13H24N2O3S2/c1-5-14-9-12-7-8-13(19-12)20(16,17)15(6-2)11(3)10-18-4/h7-8,11,14H,5-6,9-10H2,1-4H3. The van der Waals surface area contributed by atoms with Crippen LogP contribution < -0.4 is 5.32 Å². The zero-order chi connectivity index (χ0) is 15.2. The van der Waals surface area contributed by atoms with Crippen LogP contribution in [0, 0.1) is 0 Å². The third-order valence-electron chi connectivity index (χ3n) is 2.96. The van der Waals surface area contributed by atoms with Crippen molar-refractivity contribution < 1.29 is 13.2 Å². The van der Waals surface area contributed by atoms with E-state index < -0.39 is 10.0 Å². The van der Waals surface area contributed by atoms with Crippen molar-refractivity contribution in [2.75, 3.05) is 26.8 Å². The summed E-state index contributed by atoms with van der Waals surface area (Å²) in [6.07, 6.45) is 0. The van der Waals surface area contributed by atoms with E-state index in [1.807, 2.05) is 26.8 Å². The second-order valence-electron chi connectivity index (χ2n) is 4.51. The van der Waals surface area contributed by atoms with Crippen molar-refractivity contribution >= 4 is 21.4 Å². The first-order valence-corrected chi connectivity index (χ1v) is 9.03. The van der Waals surface area contributed by atoms with Gasteiger partial charge in [-0.2, -0.15) is 4.31 Å². The molecule has 0 aliphatic heterocycles. The summed E-state index contributed by atoms with van der Waals surface area (Å²) in [5.74, 6) is 0. The molecule has 0 amide bonds. The minimum Gasteiger partial charge on any atom is -0.383 e. The topological polar surface area (TPSA) is 58.6 Å². The summed E-state index contributed by atoms with van der Waals surface area (Å²) >= 11 is 1.33. The van der Waals surface area contributed by atoms with E-state index in [2.05, 4.69) is 5.32 Å². The van der Waals surface area contributed by atoms with Gasteiger partial charge in [0.1, 0.15) is 4.21 Å². The van der Waals surface area contributed by atoms with Crippen LogP contribution in [0.4, 0.5) is 0 Å². The van der Waals surface area contributed by atoms with Crippen molar-refractivity contribution in [1.82, 2.24) is 9.62 Å². The number of methoxy groups -OCH3 is 1. The molecule has 0 aliphatic rings. The molecule has 7 heteroatoms. The number of rotatable bonds is 9. The number of thiophene rings is 1. The Kier molecular flexibility index (Phi) is 7.11. The Hall–Kier alpha value is -0.470. The Morgan fingerprint density at radius 1 is 1.40 bits per heavy atom. The van der Waals surface area contributed by atoms with E-state index in [1.165, 1.54) is 15.6 Å². The summed E-state index contributed by atoms with van der Waals surface area (Å²) in [5.41, 5.74) is 0. The van der Waals surface area contributed by atoms with Gasteiger partial charge in [0.15, 0.2) is 0 Å². The molecule has 0 bridgehead atoms. The van der Waals surface area contributed by atoms with E-state index in [-0.39, 0.29) is 6.04 Å². The van der Waals surface area contributed by atoms with E-state index in [0.717, 1.165) is 11.4 Å². The first kappa shape index (κ1) is 17.6. The molecule has 20 heavy (non-hydrogen) atoms. The smallest absolute Gasteiger partial charge is 0.252 e. The molecule has 5 nitrogen and oxygen atoms in total. The van der Waals surface area contributed by atoms with Gasteiger partial charge in [-0.25, -0.2) is 8.42 Å². The Morgan fingerprint density at radius 2 is 2.10 bits per heavy atom. The molecule has 1 N–H and O–H groups in total. The Labute approximate surface area is 126 Å². The van der Waals surface area contributed by atoms with Gasteiger partial charge < -0.3 is 10.1 Å². The second kappa shape index (κ2) is 8.09. The summed E-state index contributed by atoms with van der Waals surface area (Å²) in [5, 5.41) is 3.20. The second-order valence-corrected chi connectivity index (χ2v) is 7.80. The van der Waals surface area contributed by atoms with E-state index in [9.17, 15) is 8.42 Å². The normalized spacial score (nSPS) is 13.8. The maximum atomic E-state index is 12.6. The van der Waals surface area contributed by atoms with Gasteiger partial charge in [-0.05, 0) is 25.6 Å². The molecule has 0 spiro atoms. The summed E-state index contributed by atoms with van der Waals surface area (Å²) in [7, 11) is -1.85. The van der Waals surface area contributed by atoms with Crippen molar-refractivity contribution in [3.05, 3.63) is 17.0 Å². The molecule has 0 aromatic carbocycles.